The maximum absolute atomic E-state index is 10.4. The van der Waals surface area contributed by atoms with Crippen LogP contribution >= 0.6 is 0 Å². The summed E-state index contributed by atoms with van der Waals surface area (Å²) in [5.41, 5.74) is 5.42. The summed E-state index contributed by atoms with van der Waals surface area (Å²) in [6.07, 6.45) is 10.8. The minimum absolute atomic E-state index is 0.373. The predicted octanol–water partition coefficient (Wildman–Crippen LogP) is 3.64. The average Bonchev–Trinajstić information content (AvgIpc) is 2.82. The fourth-order valence-corrected chi connectivity index (χ4v) is 3.48. The molecule has 0 spiro atoms. The van der Waals surface area contributed by atoms with Gasteiger partial charge in [-0.2, -0.15) is 0 Å². The highest BCUT2D eigenvalue weighted by Gasteiger charge is 2.37. The van der Waals surface area contributed by atoms with Crippen LogP contribution in [0.2, 0.25) is 0 Å². The van der Waals surface area contributed by atoms with Crippen molar-refractivity contribution in [3.63, 3.8) is 0 Å². The Morgan fingerprint density at radius 2 is 1.81 bits per heavy atom. The van der Waals surface area contributed by atoms with E-state index in [1.807, 2.05) is 26.0 Å². The Labute approximate surface area is 125 Å². The van der Waals surface area contributed by atoms with E-state index in [1.54, 1.807) is 0 Å². The number of hydrogen-bond acceptors (Lipinski definition) is 2. The van der Waals surface area contributed by atoms with Crippen molar-refractivity contribution in [1.82, 2.24) is 0 Å². The number of aromatic hydroxyl groups is 1. The lowest BCUT2D eigenvalue weighted by molar-refractivity contribution is 0.138. The molecule has 0 bridgehead atoms. The summed E-state index contributed by atoms with van der Waals surface area (Å²) in [5.74, 6) is 2.93. The van der Waals surface area contributed by atoms with E-state index < -0.39 is 5.60 Å². The van der Waals surface area contributed by atoms with Crippen molar-refractivity contribution in [2.24, 2.45) is 0 Å². The van der Waals surface area contributed by atoms with E-state index >= 15 is 0 Å². The lowest BCUT2D eigenvalue weighted by atomic mass is 9.84. The standard InChI is InChI=1S/C19H20O2/c1-4-19(21)8-7-15-11-14(5-6-17(15)19)16-9-12(2)18(20)13(3)10-16/h1,9-11,20-21H,5-8H2,2-3H3. The van der Waals surface area contributed by atoms with E-state index in [0.717, 1.165) is 41.5 Å². The first-order chi connectivity index (χ1) is 9.94. The van der Waals surface area contributed by atoms with Gasteiger partial charge in [-0.1, -0.05) is 12.0 Å². The second-order valence-electron chi connectivity index (χ2n) is 6.14. The zero-order chi connectivity index (χ0) is 15.2. The van der Waals surface area contributed by atoms with Gasteiger partial charge >= 0.3 is 0 Å². The molecular weight excluding hydrogens is 260 g/mol. The highest BCUT2D eigenvalue weighted by molar-refractivity contribution is 5.73. The van der Waals surface area contributed by atoms with Crippen molar-refractivity contribution in [1.29, 1.82) is 0 Å². The number of phenolic OH excluding ortho intramolecular Hbond substituents is 1. The molecule has 0 radical (unpaired) electrons. The maximum atomic E-state index is 10.4. The number of allylic oxidation sites excluding steroid dienone is 3. The van der Waals surface area contributed by atoms with Gasteiger partial charge in [0, 0.05) is 0 Å². The molecule has 0 aliphatic heterocycles. The van der Waals surface area contributed by atoms with E-state index in [4.69, 9.17) is 6.42 Å². The Morgan fingerprint density at radius 3 is 2.43 bits per heavy atom. The Morgan fingerprint density at radius 1 is 1.14 bits per heavy atom. The number of terminal acetylenes is 1. The van der Waals surface area contributed by atoms with E-state index in [-0.39, 0.29) is 0 Å². The lowest BCUT2D eigenvalue weighted by Gasteiger charge is -2.24. The first kappa shape index (κ1) is 14.0. The van der Waals surface area contributed by atoms with Gasteiger partial charge in [0.1, 0.15) is 11.4 Å². The largest absolute Gasteiger partial charge is 0.507 e. The Kier molecular flexibility index (Phi) is 3.19. The quantitative estimate of drug-likeness (QED) is 0.771. The first-order valence-corrected chi connectivity index (χ1v) is 7.38. The number of hydrogen-bond donors (Lipinski definition) is 2. The molecule has 0 amide bonds. The van der Waals surface area contributed by atoms with Gasteiger partial charge in [0.15, 0.2) is 0 Å². The molecule has 0 saturated heterocycles. The van der Waals surface area contributed by atoms with Crippen LogP contribution in [0.5, 0.6) is 5.75 Å². The summed E-state index contributed by atoms with van der Waals surface area (Å²) < 4.78 is 0. The van der Waals surface area contributed by atoms with Gasteiger partial charge in [-0.3, -0.25) is 0 Å². The fraction of sp³-hybridized carbons (Fsp3) is 0.368. The van der Waals surface area contributed by atoms with Gasteiger partial charge in [0.25, 0.3) is 0 Å². The monoisotopic (exact) mass is 280 g/mol. The lowest BCUT2D eigenvalue weighted by Crippen LogP contribution is -2.26. The minimum Gasteiger partial charge on any atom is -0.507 e. The summed E-state index contributed by atoms with van der Waals surface area (Å²) in [7, 11) is 0. The molecule has 21 heavy (non-hydrogen) atoms. The average molecular weight is 280 g/mol. The van der Waals surface area contributed by atoms with Crippen molar-refractivity contribution in [3.8, 4) is 18.1 Å². The molecule has 2 N–H and O–H groups in total. The smallest absolute Gasteiger partial charge is 0.147 e. The number of rotatable bonds is 1. The fourth-order valence-electron chi connectivity index (χ4n) is 3.48. The van der Waals surface area contributed by atoms with Crippen molar-refractivity contribution in [2.75, 3.05) is 0 Å². The van der Waals surface area contributed by atoms with Crippen LogP contribution in [0.25, 0.3) is 5.57 Å². The summed E-state index contributed by atoms with van der Waals surface area (Å²) >= 11 is 0. The first-order valence-electron chi connectivity index (χ1n) is 7.38. The zero-order valence-corrected chi connectivity index (χ0v) is 12.5. The normalized spacial score (nSPS) is 24.6. The Hall–Kier alpha value is -1.98. The van der Waals surface area contributed by atoms with Crippen LogP contribution in [0, 0.1) is 26.2 Å². The molecule has 1 unspecified atom stereocenters. The van der Waals surface area contributed by atoms with Crippen molar-refractivity contribution in [2.45, 2.75) is 45.1 Å². The predicted molar refractivity (Wildman–Crippen MR) is 84.8 cm³/mol. The van der Waals surface area contributed by atoms with Crippen LogP contribution in [0.3, 0.4) is 0 Å². The summed E-state index contributed by atoms with van der Waals surface area (Å²) in [5, 5.41) is 20.3. The topological polar surface area (TPSA) is 40.5 Å². The number of benzene rings is 1. The van der Waals surface area contributed by atoms with Crippen LogP contribution in [-0.2, 0) is 0 Å². The molecular formula is C19H20O2. The maximum Gasteiger partial charge on any atom is 0.147 e. The Bertz CT molecular complexity index is 693. The highest BCUT2D eigenvalue weighted by Crippen LogP contribution is 2.44. The molecule has 108 valence electrons. The minimum atomic E-state index is -1.03. The molecule has 0 heterocycles. The molecule has 0 fully saturated rings. The van der Waals surface area contributed by atoms with Crippen LogP contribution in [0.4, 0.5) is 0 Å². The van der Waals surface area contributed by atoms with Crippen LogP contribution in [0.15, 0.2) is 29.4 Å². The summed E-state index contributed by atoms with van der Waals surface area (Å²) in [4.78, 5) is 0. The molecule has 2 heteroatoms. The molecule has 1 atom stereocenters. The third kappa shape index (κ3) is 2.18. The van der Waals surface area contributed by atoms with E-state index in [0.29, 0.717) is 12.2 Å². The number of aliphatic hydroxyl groups is 1. The van der Waals surface area contributed by atoms with Crippen LogP contribution in [0.1, 0.15) is 42.4 Å². The highest BCUT2D eigenvalue weighted by atomic mass is 16.3. The molecule has 0 aromatic heterocycles. The van der Waals surface area contributed by atoms with Crippen molar-refractivity contribution >= 4 is 5.57 Å². The third-order valence-electron chi connectivity index (χ3n) is 4.74. The van der Waals surface area contributed by atoms with E-state index in [1.165, 1.54) is 11.1 Å². The molecule has 1 aromatic rings. The van der Waals surface area contributed by atoms with Gasteiger partial charge in [-0.05, 0) is 85.1 Å². The SMILES string of the molecule is C#CC1(O)CCC2=C1CCC(c1cc(C)c(O)c(C)c1)=C2. The second-order valence-corrected chi connectivity index (χ2v) is 6.14. The number of aryl methyl sites for hydroxylation is 2. The van der Waals surface area contributed by atoms with Gasteiger partial charge in [-0.25, -0.2) is 0 Å². The molecule has 3 rings (SSSR count). The van der Waals surface area contributed by atoms with Gasteiger partial charge in [0.2, 0.25) is 0 Å². The zero-order valence-electron chi connectivity index (χ0n) is 12.5. The van der Waals surface area contributed by atoms with E-state index in [9.17, 15) is 10.2 Å². The van der Waals surface area contributed by atoms with Crippen LogP contribution < -0.4 is 0 Å². The molecule has 2 aliphatic rings. The summed E-state index contributed by atoms with van der Waals surface area (Å²) in [6, 6.07) is 4.06. The molecule has 2 aliphatic carbocycles. The van der Waals surface area contributed by atoms with Gasteiger partial charge in [0.05, 0.1) is 0 Å². The second kappa shape index (κ2) is 4.79. The molecule has 2 nitrogen and oxygen atoms in total. The van der Waals surface area contributed by atoms with Crippen molar-refractivity contribution in [3.05, 3.63) is 46.0 Å². The van der Waals surface area contributed by atoms with Gasteiger partial charge < -0.3 is 10.2 Å². The summed E-state index contributed by atoms with van der Waals surface area (Å²) in [6.45, 7) is 3.85. The van der Waals surface area contributed by atoms with E-state index in [2.05, 4.69) is 12.0 Å². The number of phenols is 1. The molecule has 1 aromatic carbocycles. The third-order valence-corrected chi connectivity index (χ3v) is 4.74. The van der Waals surface area contributed by atoms with Crippen molar-refractivity contribution < 1.29 is 10.2 Å². The Balaban J connectivity index is 2.02. The van der Waals surface area contributed by atoms with Gasteiger partial charge in [-0.15, -0.1) is 6.42 Å². The van der Waals surface area contributed by atoms with Crippen LogP contribution in [-0.4, -0.2) is 15.8 Å². The molecule has 0 saturated carbocycles.